The van der Waals surface area contributed by atoms with Gasteiger partial charge in [-0.2, -0.15) is 0 Å². The first-order valence-electron chi connectivity index (χ1n) is 10.5. The summed E-state index contributed by atoms with van der Waals surface area (Å²) in [4.78, 5) is 22.4. The zero-order valence-corrected chi connectivity index (χ0v) is 17.0. The second-order valence-electron chi connectivity index (χ2n) is 7.32. The Morgan fingerprint density at radius 3 is 2.39 bits per heavy atom. The van der Waals surface area contributed by atoms with Gasteiger partial charge in [-0.15, -0.1) is 0 Å². The largest absolute Gasteiger partial charge is 0.384 e. The predicted molar refractivity (Wildman–Crippen MR) is 115 cm³/mol. The minimum absolute atomic E-state index is 0.157. The molecule has 0 atom stereocenters. The molecule has 6 heteroatoms. The van der Waals surface area contributed by atoms with Crippen LogP contribution in [0.25, 0.3) is 22.2 Å². The minimum Gasteiger partial charge on any atom is -0.384 e. The van der Waals surface area contributed by atoms with Crippen LogP contribution in [0, 0.1) is 0 Å². The summed E-state index contributed by atoms with van der Waals surface area (Å²) < 4.78 is 1.96. The van der Waals surface area contributed by atoms with E-state index < -0.39 is 0 Å². The number of carbonyl (C=O) groups excluding carboxylic acids is 1. The zero-order valence-electron chi connectivity index (χ0n) is 17.0. The summed E-state index contributed by atoms with van der Waals surface area (Å²) >= 11 is 0. The summed E-state index contributed by atoms with van der Waals surface area (Å²) in [5, 5.41) is 3.00. The molecule has 0 spiro atoms. The second-order valence-corrected chi connectivity index (χ2v) is 7.32. The second kappa shape index (κ2) is 9.53. The van der Waals surface area contributed by atoms with E-state index in [1.54, 1.807) is 0 Å². The predicted octanol–water partition coefficient (Wildman–Crippen LogP) is 4.67. The van der Waals surface area contributed by atoms with Crippen LogP contribution in [-0.4, -0.2) is 27.0 Å². The lowest BCUT2D eigenvalue weighted by molar-refractivity contribution is 0.0955. The van der Waals surface area contributed by atoms with E-state index in [1.165, 1.54) is 12.8 Å². The molecule has 0 unspecified atom stereocenters. The number of benzene rings is 1. The fourth-order valence-corrected chi connectivity index (χ4v) is 3.53. The summed E-state index contributed by atoms with van der Waals surface area (Å²) in [5.74, 6) is 0.310. The van der Waals surface area contributed by atoms with Crippen molar-refractivity contribution in [2.24, 2.45) is 0 Å². The van der Waals surface area contributed by atoms with Crippen molar-refractivity contribution in [2.75, 3.05) is 12.3 Å². The normalized spacial score (nSPS) is 11.4. The van der Waals surface area contributed by atoms with Gasteiger partial charge >= 0.3 is 0 Å². The SMILES string of the molecule is CCCCCCn1c(N)c(C(=O)NCCCCC)c2nc3ccccc3nc21. The molecule has 1 aromatic carbocycles. The van der Waals surface area contributed by atoms with Gasteiger partial charge in [0.1, 0.15) is 16.9 Å². The van der Waals surface area contributed by atoms with Gasteiger partial charge in [0.05, 0.1) is 11.0 Å². The Morgan fingerprint density at radius 2 is 1.68 bits per heavy atom. The molecule has 1 amide bonds. The van der Waals surface area contributed by atoms with Gasteiger partial charge in [0.15, 0.2) is 5.65 Å². The van der Waals surface area contributed by atoms with Crippen molar-refractivity contribution in [2.45, 2.75) is 65.3 Å². The molecule has 28 heavy (non-hydrogen) atoms. The van der Waals surface area contributed by atoms with Crippen LogP contribution in [0.4, 0.5) is 5.82 Å². The third kappa shape index (κ3) is 4.26. The van der Waals surface area contributed by atoms with Gasteiger partial charge in [-0.05, 0) is 25.0 Å². The smallest absolute Gasteiger partial charge is 0.257 e. The number of para-hydroxylation sites is 2. The number of nitrogens with two attached hydrogens (primary N) is 1. The lowest BCUT2D eigenvalue weighted by Gasteiger charge is -2.08. The summed E-state index contributed by atoms with van der Waals surface area (Å²) in [7, 11) is 0. The number of amides is 1. The lowest BCUT2D eigenvalue weighted by Crippen LogP contribution is -2.25. The fourth-order valence-electron chi connectivity index (χ4n) is 3.53. The lowest BCUT2D eigenvalue weighted by atomic mass is 10.2. The molecule has 0 fully saturated rings. The highest BCUT2D eigenvalue weighted by molar-refractivity contribution is 6.10. The molecule has 0 saturated heterocycles. The number of aromatic nitrogens is 3. The van der Waals surface area contributed by atoms with E-state index in [4.69, 9.17) is 15.7 Å². The average Bonchev–Trinajstić information content (AvgIpc) is 2.97. The maximum atomic E-state index is 12.9. The van der Waals surface area contributed by atoms with E-state index in [-0.39, 0.29) is 5.91 Å². The highest BCUT2D eigenvalue weighted by atomic mass is 16.1. The van der Waals surface area contributed by atoms with Gasteiger partial charge in [0, 0.05) is 13.1 Å². The molecular formula is C22H31N5O. The molecular weight excluding hydrogens is 350 g/mol. The van der Waals surface area contributed by atoms with E-state index in [9.17, 15) is 4.79 Å². The van der Waals surface area contributed by atoms with Gasteiger partial charge in [-0.1, -0.05) is 58.1 Å². The quantitative estimate of drug-likeness (QED) is 0.500. The highest BCUT2D eigenvalue weighted by Crippen LogP contribution is 2.28. The third-order valence-electron chi connectivity index (χ3n) is 5.12. The van der Waals surface area contributed by atoms with Crippen molar-refractivity contribution in [3.8, 4) is 0 Å². The summed E-state index contributed by atoms with van der Waals surface area (Å²) in [6.07, 6.45) is 7.69. The highest BCUT2D eigenvalue weighted by Gasteiger charge is 2.23. The molecule has 2 aromatic heterocycles. The Balaban J connectivity index is 1.99. The van der Waals surface area contributed by atoms with Gasteiger partial charge in [-0.25, -0.2) is 9.97 Å². The molecule has 2 heterocycles. The van der Waals surface area contributed by atoms with Crippen molar-refractivity contribution in [3.05, 3.63) is 29.8 Å². The van der Waals surface area contributed by atoms with Crippen LogP contribution in [0.3, 0.4) is 0 Å². The summed E-state index contributed by atoms with van der Waals surface area (Å²) in [6.45, 7) is 5.74. The molecule has 6 nitrogen and oxygen atoms in total. The molecule has 150 valence electrons. The van der Waals surface area contributed by atoms with Crippen LogP contribution >= 0.6 is 0 Å². The number of rotatable bonds is 10. The first-order chi connectivity index (χ1) is 13.7. The van der Waals surface area contributed by atoms with Gasteiger partial charge in [-0.3, -0.25) is 4.79 Å². The van der Waals surface area contributed by atoms with E-state index in [2.05, 4.69) is 19.2 Å². The molecule has 0 bridgehead atoms. The Hall–Kier alpha value is -2.63. The third-order valence-corrected chi connectivity index (χ3v) is 5.12. The zero-order chi connectivity index (χ0) is 19.9. The fraction of sp³-hybridized carbons (Fsp3) is 0.500. The average molecular weight is 382 g/mol. The summed E-state index contributed by atoms with van der Waals surface area (Å²) in [5.41, 5.74) is 9.80. The molecule has 0 saturated carbocycles. The molecule has 0 aliphatic rings. The van der Waals surface area contributed by atoms with Crippen LogP contribution in [0.15, 0.2) is 24.3 Å². The van der Waals surface area contributed by atoms with Crippen LogP contribution in [-0.2, 0) is 6.54 Å². The number of anilines is 1. The topological polar surface area (TPSA) is 85.8 Å². The molecule has 0 aliphatic heterocycles. The molecule has 3 N–H and O–H groups in total. The number of nitrogen functional groups attached to an aromatic ring is 1. The molecule has 0 radical (unpaired) electrons. The number of nitrogens with one attached hydrogen (secondary N) is 1. The number of fused-ring (bicyclic) bond motifs is 2. The van der Waals surface area contributed by atoms with Crippen molar-refractivity contribution < 1.29 is 4.79 Å². The van der Waals surface area contributed by atoms with E-state index >= 15 is 0 Å². The molecule has 3 aromatic rings. The monoisotopic (exact) mass is 381 g/mol. The first kappa shape index (κ1) is 20.1. The Labute approximate surface area is 166 Å². The maximum absolute atomic E-state index is 12.9. The van der Waals surface area contributed by atoms with E-state index in [0.29, 0.717) is 29.1 Å². The van der Waals surface area contributed by atoms with Gasteiger partial charge < -0.3 is 15.6 Å². The van der Waals surface area contributed by atoms with Crippen LogP contribution in [0.2, 0.25) is 0 Å². The minimum atomic E-state index is -0.157. The Morgan fingerprint density at radius 1 is 1.00 bits per heavy atom. The standard InChI is InChI=1S/C22H31N5O/c1-3-5-7-11-15-27-20(23)18(22(28)24-14-10-6-4-2)19-21(27)26-17-13-9-8-12-16(17)25-19/h8-9,12-13H,3-7,10-11,14-15,23H2,1-2H3,(H,24,28). The number of nitrogens with zero attached hydrogens (tertiary/aromatic N) is 3. The number of hydrogen-bond donors (Lipinski definition) is 2. The number of aryl methyl sites for hydroxylation is 1. The Kier molecular flexibility index (Phi) is 6.85. The van der Waals surface area contributed by atoms with E-state index in [1.807, 2.05) is 28.8 Å². The first-order valence-corrected chi connectivity index (χ1v) is 10.5. The van der Waals surface area contributed by atoms with Crippen LogP contribution in [0.5, 0.6) is 0 Å². The van der Waals surface area contributed by atoms with Crippen molar-refractivity contribution >= 4 is 33.9 Å². The molecule has 0 aliphatic carbocycles. The van der Waals surface area contributed by atoms with Crippen molar-refractivity contribution in [1.82, 2.24) is 19.9 Å². The van der Waals surface area contributed by atoms with E-state index in [0.717, 1.165) is 49.7 Å². The van der Waals surface area contributed by atoms with Crippen LogP contribution < -0.4 is 11.1 Å². The van der Waals surface area contributed by atoms with Gasteiger partial charge in [0.2, 0.25) is 0 Å². The molecule has 3 rings (SSSR count). The van der Waals surface area contributed by atoms with Crippen molar-refractivity contribution in [1.29, 1.82) is 0 Å². The number of carbonyl (C=O) groups is 1. The summed E-state index contributed by atoms with van der Waals surface area (Å²) in [6, 6.07) is 7.73. The number of unbranched alkanes of at least 4 members (excludes halogenated alkanes) is 5. The Bertz CT molecular complexity index is 947. The van der Waals surface area contributed by atoms with Crippen LogP contribution in [0.1, 0.15) is 69.2 Å². The number of hydrogen-bond acceptors (Lipinski definition) is 4. The maximum Gasteiger partial charge on any atom is 0.257 e. The van der Waals surface area contributed by atoms with Gasteiger partial charge in [0.25, 0.3) is 5.91 Å². The van der Waals surface area contributed by atoms with Crippen molar-refractivity contribution in [3.63, 3.8) is 0 Å².